The van der Waals surface area contributed by atoms with Crippen LogP contribution in [0.3, 0.4) is 0 Å². The minimum absolute atomic E-state index is 0. The molecule has 0 atom stereocenters. The van der Waals surface area contributed by atoms with E-state index in [2.05, 4.69) is 46.7 Å². The molecule has 0 saturated carbocycles. The Morgan fingerprint density at radius 2 is 1.90 bits per heavy atom. The number of aliphatic imine (C=N–C) groups is 1. The molecule has 3 rings (SSSR count). The summed E-state index contributed by atoms with van der Waals surface area (Å²) >= 11 is 6.35. The van der Waals surface area contributed by atoms with E-state index >= 15 is 0 Å². The summed E-state index contributed by atoms with van der Waals surface area (Å²) in [5, 5.41) is 7.45. The molecule has 170 valence electrons. The van der Waals surface area contributed by atoms with Crippen molar-refractivity contribution in [2.75, 3.05) is 51.4 Å². The summed E-state index contributed by atoms with van der Waals surface area (Å²) in [6.45, 7) is 7.61. The van der Waals surface area contributed by atoms with Gasteiger partial charge in [-0.05, 0) is 42.7 Å². The van der Waals surface area contributed by atoms with Crippen LogP contribution in [-0.4, -0.2) is 52.5 Å². The molecule has 0 aliphatic carbocycles. The molecule has 6 nitrogen and oxygen atoms in total. The third kappa shape index (κ3) is 7.73. The van der Waals surface area contributed by atoms with E-state index in [1.807, 2.05) is 18.2 Å². The molecule has 1 saturated heterocycles. The Kier molecular flexibility index (Phi) is 11.2. The molecule has 31 heavy (non-hydrogen) atoms. The Balaban J connectivity index is 0.00000341. The summed E-state index contributed by atoms with van der Waals surface area (Å²) in [4.78, 5) is 7.18. The van der Waals surface area contributed by atoms with Gasteiger partial charge in [0, 0.05) is 36.9 Å². The van der Waals surface area contributed by atoms with Crippen molar-refractivity contribution in [1.29, 1.82) is 0 Å². The molecule has 2 N–H and O–H groups in total. The summed E-state index contributed by atoms with van der Waals surface area (Å²) < 4.78 is 10.7. The van der Waals surface area contributed by atoms with Crippen LogP contribution in [0.1, 0.15) is 18.1 Å². The van der Waals surface area contributed by atoms with Crippen molar-refractivity contribution in [3.63, 3.8) is 0 Å². The predicted molar refractivity (Wildman–Crippen MR) is 139 cm³/mol. The van der Waals surface area contributed by atoms with Crippen LogP contribution < -0.4 is 20.3 Å². The Morgan fingerprint density at radius 3 is 2.61 bits per heavy atom. The van der Waals surface area contributed by atoms with Gasteiger partial charge in [0.15, 0.2) is 5.96 Å². The number of nitrogens with zero attached hydrogens (tertiary/aromatic N) is 2. The van der Waals surface area contributed by atoms with E-state index in [-0.39, 0.29) is 24.0 Å². The minimum Gasteiger partial charge on any atom is -0.497 e. The van der Waals surface area contributed by atoms with Gasteiger partial charge in [-0.3, -0.25) is 0 Å². The van der Waals surface area contributed by atoms with E-state index < -0.39 is 0 Å². The van der Waals surface area contributed by atoms with Crippen molar-refractivity contribution < 1.29 is 9.47 Å². The largest absolute Gasteiger partial charge is 0.497 e. The van der Waals surface area contributed by atoms with Crippen LogP contribution in [0, 0.1) is 0 Å². The molecule has 0 spiro atoms. The lowest BCUT2D eigenvalue weighted by atomic mass is 10.1. The summed E-state index contributed by atoms with van der Waals surface area (Å²) in [7, 11) is 1.64. The van der Waals surface area contributed by atoms with E-state index in [1.54, 1.807) is 7.11 Å². The zero-order valence-corrected chi connectivity index (χ0v) is 21.3. The molecule has 0 bridgehead atoms. The van der Waals surface area contributed by atoms with Crippen LogP contribution in [0.4, 0.5) is 5.69 Å². The lowest BCUT2D eigenvalue weighted by molar-refractivity contribution is 0.122. The van der Waals surface area contributed by atoms with E-state index in [4.69, 9.17) is 26.1 Å². The molecule has 1 aliphatic rings. The first kappa shape index (κ1) is 25.5. The summed E-state index contributed by atoms with van der Waals surface area (Å²) in [5.74, 6) is 1.57. The van der Waals surface area contributed by atoms with Gasteiger partial charge in [0.2, 0.25) is 0 Å². The fourth-order valence-corrected chi connectivity index (χ4v) is 3.70. The van der Waals surface area contributed by atoms with Gasteiger partial charge in [-0.15, -0.1) is 24.0 Å². The highest BCUT2D eigenvalue weighted by atomic mass is 127. The monoisotopic (exact) mass is 558 g/mol. The van der Waals surface area contributed by atoms with Gasteiger partial charge in [-0.2, -0.15) is 0 Å². The second-order valence-electron chi connectivity index (χ2n) is 7.06. The first-order valence-corrected chi connectivity index (χ1v) is 10.8. The number of nitrogens with one attached hydrogen (secondary N) is 2. The smallest absolute Gasteiger partial charge is 0.191 e. The fraction of sp³-hybridized carbons (Fsp3) is 0.435. The Bertz CT molecular complexity index is 844. The van der Waals surface area contributed by atoms with E-state index in [1.165, 1.54) is 11.3 Å². The van der Waals surface area contributed by atoms with Gasteiger partial charge in [-0.25, -0.2) is 4.99 Å². The number of benzene rings is 2. The van der Waals surface area contributed by atoms with Gasteiger partial charge < -0.3 is 25.0 Å². The SMILES string of the molecule is CCNC(=NCc1ccccc1N1CCOCC1)NCCc1ccc(OC)cc1Cl.I. The van der Waals surface area contributed by atoms with Crippen LogP contribution in [0.2, 0.25) is 5.02 Å². The third-order valence-electron chi connectivity index (χ3n) is 5.04. The highest BCUT2D eigenvalue weighted by molar-refractivity contribution is 14.0. The number of morpholine rings is 1. The normalized spacial score (nSPS) is 14.0. The standard InChI is InChI=1S/C23H31ClN4O2.HI/c1-3-25-23(26-11-10-18-8-9-20(29-2)16-21(18)24)27-17-19-6-4-5-7-22(19)28-12-14-30-15-13-28;/h4-9,16H,3,10-15,17H2,1-2H3,(H2,25,26,27);1H. The topological polar surface area (TPSA) is 58.1 Å². The molecule has 2 aromatic carbocycles. The lowest BCUT2D eigenvalue weighted by Crippen LogP contribution is -2.38. The van der Waals surface area contributed by atoms with Gasteiger partial charge in [0.05, 0.1) is 26.9 Å². The summed E-state index contributed by atoms with van der Waals surface area (Å²) in [5.41, 5.74) is 3.54. The number of guanidine groups is 1. The zero-order valence-electron chi connectivity index (χ0n) is 18.2. The van der Waals surface area contributed by atoms with Crippen LogP contribution in [0.25, 0.3) is 0 Å². The molecular weight excluding hydrogens is 527 g/mol. The molecule has 1 fully saturated rings. The number of halogens is 2. The van der Waals surface area contributed by atoms with E-state index in [9.17, 15) is 0 Å². The van der Waals surface area contributed by atoms with Crippen molar-refractivity contribution in [2.45, 2.75) is 19.9 Å². The average Bonchev–Trinajstić information content (AvgIpc) is 2.79. The first-order valence-electron chi connectivity index (χ1n) is 10.5. The van der Waals surface area contributed by atoms with Gasteiger partial charge in [0.1, 0.15) is 5.75 Å². The van der Waals surface area contributed by atoms with Gasteiger partial charge >= 0.3 is 0 Å². The Morgan fingerprint density at radius 1 is 1.13 bits per heavy atom. The van der Waals surface area contributed by atoms with Gasteiger partial charge in [0.25, 0.3) is 0 Å². The Labute approximate surface area is 207 Å². The number of hydrogen-bond donors (Lipinski definition) is 2. The van der Waals surface area contributed by atoms with Crippen molar-refractivity contribution in [1.82, 2.24) is 10.6 Å². The molecule has 8 heteroatoms. The summed E-state index contributed by atoms with van der Waals surface area (Å²) in [6, 6.07) is 14.3. The van der Waals surface area contributed by atoms with Crippen LogP contribution in [0.15, 0.2) is 47.5 Å². The highest BCUT2D eigenvalue weighted by Crippen LogP contribution is 2.23. The van der Waals surface area contributed by atoms with E-state index in [0.29, 0.717) is 6.54 Å². The number of hydrogen-bond acceptors (Lipinski definition) is 4. The molecule has 2 aromatic rings. The van der Waals surface area contributed by atoms with Crippen molar-refractivity contribution >= 4 is 47.2 Å². The number of methoxy groups -OCH3 is 1. The predicted octanol–water partition coefficient (Wildman–Crippen LogP) is 4.10. The fourth-order valence-electron chi connectivity index (χ4n) is 3.44. The number of rotatable bonds is 8. The third-order valence-corrected chi connectivity index (χ3v) is 5.39. The zero-order chi connectivity index (χ0) is 21.2. The van der Waals surface area contributed by atoms with E-state index in [0.717, 1.165) is 68.1 Å². The second kappa shape index (κ2) is 13.6. The molecule has 0 aromatic heterocycles. The highest BCUT2D eigenvalue weighted by Gasteiger charge is 2.14. The molecule has 0 unspecified atom stereocenters. The molecule has 1 heterocycles. The van der Waals surface area contributed by atoms with Crippen LogP contribution in [0.5, 0.6) is 5.75 Å². The van der Waals surface area contributed by atoms with Crippen molar-refractivity contribution in [3.05, 3.63) is 58.6 Å². The lowest BCUT2D eigenvalue weighted by Gasteiger charge is -2.30. The maximum Gasteiger partial charge on any atom is 0.191 e. The van der Waals surface area contributed by atoms with Crippen molar-refractivity contribution in [2.24, 2.45) is 4.99 Å². The maximum atomic E-state index is 6.35. The number of anilines is 1. The summed E-state index contributed by atoms with van der Waals surface area (Å²) in [6.07, 6.45) is 0.803. The van der Waals surface area contributed by atoms with Crippen molar-refractivity contribution in [3.8, 4) is 5.75 Å². The first-order chi connectivity index (χ1) is 14.7. The van der Waals surface area contributed by atoms with Crippen LogP contribution in [-0.2, 0) is 17.7 Å². The maximum absolute atomic E-state index is 6.35. The second-order valence-corrected chi connectivity index (χ2v) is 7.46. The van der Waals surface area contributed by atoms with Gasteiger partial charge in [-0.1, -0.05) is 35.9 Å². The molecule has 0 radical (unpaired) electrons. The quantitative estimate of drug-likeness (QED) is 0.290. The Hall–Kier alpha value is -1.71. The molecule has 0 amide bonds. The number of ether oxygens (including phenoxy) is 2. The molecular formula is C23H32ClIN4O2. The average molecular weight is 559 g/mol. The number of para-hydroxylation sites is 1. The van der Waals surface area contributed by atoms with Crippen LogP contribution >= 0.6 is 35.6 Å². The minimum atomic E-state index is 0. The molecule has 1 aliphatic heterocycles.